The second kappa shape index (κ2) is 7.34. The maximum Gasteiger partial charge on any atom is 0.0547 e. The van der Waals surface area contributed by atoms with Crippen LogP contribution >= 0.6 is 0 Å². The number of aromatic nitrogens is 1. The first-order valence-corrected chi connectivity index (χ1v) is 7.48. The Bertz CT molecular complexity index is 563. The molecule has 3 heteroatoms. The molecule has 0 radical (unpaired) electrons. The van der Waals surface area contributed by atoms with Crippen molar-refractivity contribution in [3.8, 4) is 0 Å². The lowest BCUT2D eigenvalue weighted by atomic mass is 10.0. The zero-order chi connectivity index (χ0) is 15.2. The van der Waals surface area contributed by atoms with Gasteiger partial charge in [0.2, 0.25) is 0 Å². The van der Waals surface area contributed by atoms with Crippen LogP contribution in [0.15, 0.2) is 42.5 Å². The lowest BCUT2D eigenvalue weighted by Crippen LogP contribution is -2.24. The van der Waals surface area contributed by atoms with Crippen molar-refractivity contribution in [2.24, 2.45) is 5.73 Å². The van der Waals surface area contributed by atoms with Crippen LogP contribution in [0.1, 0.15) is 35.0 Å². The third-order valence-corrected chi connectivity index (χ3v) is 3.71. The molecule has 0 aliphatic heterocycles. The first-order valence-electron chi connectivity index (χ1n) is 7.48. The summed E-state index contributed by atoms with van der Waals surface area (Å²) in [5.74, 6) is 0. The van der Waals surface area contributed by atoms with E-state index in [1.165, 1.54) is 11.1 Å². The highest BCUT2D eigenvalue weighted by atomic mass is 15.1. The molecule has 1 aromatic carbocycles. The van der Waals surface area contributed by atoms with Gasteiger partial charge < -0.3 is 10.6 Å². The van der Waals surface area contributed by atoms with E-state index in [9.17, 15) is 0 Å². The number of nitrogens with zero attached hydrogens (tertiary/aromatic N) is 2. The fourth-order valence-electron chi connectivity index (χ4n) is 2.38. The molecule has 0 aliphatic carbocycles. The smallest absolute Gasteiger partial charge is 0.0547 e. The minimum atomic E-state index is 0.0959. The van der Waals surface area contributed by atoms with Gasteiger partial charge in [0.1, 0.15) is 0 Å². The predicted molar refractivity (Wildman–Crippen MR) is 88.0 cm³/mol. The quantitative estimate of drug-likeness (QED) is 0.885. The SMILES string of the molecule is Cc1ccc(C(N)CCN(C)Cc2cccc(C)n2)cc1. The number of rotatable bonds is 6. The van der Waals surface area contributed by atoms with Crippen LogP contribution in [-0.2, 0) is 6.54 Å². The zero-order valence-corrected chi connectivity index (χ0v) is 13.2. The van der Waals surface area contributed by atoms with Crippen LogP contribution in [-0.4, -0.2) is 23.5 Å². The first kappa shape index (κ1) is 15.7. The molecule has 3 nitrogen and oxygen atoms in total. The summed E-state index contributed by atoms with van der Waals surface area (Å²) in [7, 11) is 2.12. The summed E-state index contributed by atoms with van der Waals surface area (Å²) in [4.78, 5) is 6.81. The van der Waals surface area contributed by atoms with E-state index in [2.05, 4.69) is 60.3 Å². The highest BCUT2D eigenvalue weighted by molar-refractivity contribution is 5.23. The second-order valence-electron chi connectivity index (χ2n) is 5.81. The number of hydrogen-bond acceptors (Lipinski definition) is 3. The molecule has 2 aromatic rings. The fourth-order valence-corrected chi connectivity index (χ4v) is 2.38. The second-order valence-corrected chi connectivity index (χ2v) is 5.81. The van der Waals surface area contributed by atoms with Gasteiger partial charge in [-0.05, 0) is 45.0 Å². The fraction of sp³-hybridized carbons (Fsp3) is 0.389. The van der Waals surface area contributed by atoms with Crippen molar-refractivity contribution in [3.63, 3.8) is 0 Å². The van der Waals surface area contributed by atoms with Crippen molar-refractivity contribution < 1.29 is 0 Å². The maximum atomic E-state index is 6.27. The van der Waals surface area contributed by atoms with E-state index in [4.69, 9.17) is 5.73 Å². The molecule has 1 atom stereocenters. The minimum Gasteiger partial charge on any atom is -0.324 e. The Balaban J connectivity index is 1.83. The average Bonchev–Trinajstić information content (AvgIpc) is 2.45. The Hall–Kier alpha value is -1.71. The first-order chi connectivity index (χ1) is 10.0. The summed E-state index contributed by atoms with van der Waals surface area (Å²) in [5.41, 5.74) is 10.9. The summed E-state index contributed by atoms with van der Waals surface area (Å²) in [6.07, 6.45) is 0.950. The summed E-state index contributed by atoms with van der Waals surface area (Å²) < 4.78 is 0. The Labute approximate surface area is 127 Å². The van der Waals surface area contributed by atoms with Crippen molar-refractivity contribution >= 4 is 0 Å². The molecule has 0 fully saturated rings. The largest absolute Gasteiger partial charge is 0.324 e. The Morgan fingerprint density at radius 1 is 1.10 bits per heavy atom. The minimum absolute atomic E-state index is 0.0959. The third-order valence-electron chi connectivity index (χ3n) is 3.71. The van der Waals surface area contributed by atoms with Crippen LogP contribution in [0.5, 0.6) is 0 Å². The molecule has 21 heavy (non-hydrogen) atoms. The molecular formula is C18H25N3. The van der Waals surface area contributed by atoms with E-state index in [0.29, 0.717) is 0 Å². The summed E-state index contributed by atoms with van der Waals surface area (Å²) >= 11 is 0. The van der Waals surface area contributed by atoms with Gasteiger partial charge in [-0.1, -0.05) is 35.9 Å². The van der Waals surface area contributed by atoms with Crippen LogP contribution < -0.4 is 5.73 Å². The van der Waals surface area contributed by atoms with Gasteiger partial charge in [0.05, 0.1) is 5.69 Å². The molecule has 2 rings (SSSR count). The van der Waals surface area contributed by atoms with Gasteiger partial charge in [-0.2, -0.15) is 0 Å². The standard InChI is InChI=1S/C18H25N3/c1-14-7-9-16(10-8-14)18(19)11-12-21(3)13-17-6-4-5-15(2)20-17/h4-10,18H,11-13,19H2,1-3H3. The van der Waals surface area contributed by atoms with Crippen LogP contribution in [0.2, 0.25) is 0 Å². The van der Waals surface area contributed by atoms with Crippen molar-refractivity contribution in [3.05, 3.63) is 65.0 Å². The molecule has 0 saturated heterocycles. The van der Waals surface area contributed by atoms with Gasteiger partial charge in [0, 0.05) is 24.8 Å². The average molecular weight is 283 g/mol. The number of pyridine rings is 1. The number of aryl methyl sites for hydroxylation is 2. The zero-order valence-electron chi connectivity index (χ0n) is 13.2. The van der Waals surface area contributed by atoms with Gasteiger partial charge in [-0.25, -0.2) is 0 Å². The van der Waals surface area contributed by atoms with Gasteiger partial charge in [0.25, 0.3) is 0 Å². The molecule has 0 saturated carbocycles. The molecule has 1 unspecified atom stereocenters. The molecule has 0 amide bonds. The lowest BCUT2D eigenvalue weighted by molar-refractivity contribution is 0.308. The van der Waals surface area contributed by atoms with E-state index >= 15 is 0 Å². The highest BCUT2D eigenvalue weighted by Crippen LogP contribution is 2.15. The maximum absolute atomic E-state index is 6.27. The van der Waals surface area contributed by atoms with Gasteiger partial charge in [-0.3, -0.25) is 4.98 Å². The summed E-state index contributed by atoms with van der Waals surface area (Å²) in [6.45, 7) is 5.95. The molecule has 1 aromatic heterocycles. The van der Waals surface area contributed by atoms with E-state index in [1.54, 1.807) is 0 Å². The normalized spacial score (nSPS) is 12.6. The van der Waals surface area contributed by atoms with Gasteiger partial charge in [0.15, 0.2) is 0 Å². The molecule has 1 heterocycles. The van der Waals surface area contributed by atoms with Crippen LogP contribution in [0.4, 0.5) is 0 Å². The number of hydrogen-bond donors (Lipinski definition) is 1. The summed E-state index contributed by atoms with van der Waals surface area (Å²) in [5, 5.41) is 0. The molecular weight excluding hydrogens is 258 g/mol. The molecule has 0 bridgehead atoms. The molecule has 112 valence electrons. The van der Waals surface area contributed by atoms with Crippen molar-refractivity contribution in [1.29, 1.82) is 0 Å². The van der Waals surface area contributed by atoms with Crippen LogP contribution in [0.25, 0.3) is 0 Å². The third kappa shape index (κ3) is 4.96. The van der Waals surface area contributed by atoms with Crippen molar-refractivity contribution in [2.75, 3.05) is 13.6 Å². The van der Waals surface area contributed by atoms with Crippen molar-refractivity contribution in [1.82, 2.24) is 9.88 Å². The van der Waals surface area contributed by atoms with E-state index in [0.717, 1.165) is 30.9 Å². The topological polar surface area (TPSA) is 42.1 Å². The van der Waals surface area contributed by atoms with Gasteiger partial charge >= 0.3 is 0 Å². The van der Waals surface area contributed by atoms with E-state index < -0.39 is 0 Å². The lowest BCUT2D eigenvalue weighted by Gasteiger charge is -2.19. The van der Waals surface area contributed by atoms with Crippen LogP contribution in [0.3, 0.4) is 0 Å². The molecule has 0 spiro atoms. The highest BCUT2D eigenvalue weighted by Gasteiger charge is 2.08. The Kier molecular flexibility index (Phi) is 5.48. The van der Waals surface area contributed by atoms with E-state index in [1.807, 2.05) is 13.0 Å². The van der Waals surface area contributed by atoms with E-state index in [-0.39, 0.29) is 6.04 Å². The monoisotopic (exact) mass is 283 g/mol. The van der Waals surface area contributed by atoms with Crippen molar-refractivity contribution in [2.45, 2.75) is 32.9 Å². The Morgan fingerprint density at radius 2 is 1.81 bits per heavy atom. The molecule has 2 N–H and O–H groups in total. The Morgan fingerprint density at radius 3 is 2.48 bits per heavy atom. The summed E-state index contributed by atoms with van der Waals surface area (Å²) in [6, 6.07) is 14.7. The number of benzene rings is 1. The predicted octanol–water partition coefficient (Wildman–Crippen LogP) is 3.22. The van der Waals surface area contributed by atoms with Crippen LogP contribution in [0, 0.1) is 13.8 Å². The number of nitrogens with two attached hydrogens (primary N) is 1. The molecule has 0 aliphatic rings. The van der Waals surface area contributed by atoms with Gasteiger partial charge in [-0.15, -0.1) is 0 Å².